The van der Waals surface area contributed by atoms with Crippen LogP contribution in [0.4, 0.5) is 4.39 Å². The van der Waals surface area contributed by atoms with Gasteiger partial charge in [-0.05, 0) is 85.8 Å². The molecule has 2 aliphatic carbocycles. The fourth-order valence-corrected chi connectivity index (χ4v) is 4.66. The largest absolute Gasteiger partial charge is 0.206 e. The highest BCUT2D eigenvalue weighted by molar-refractivity contribution is 5.41. The number of benzene rings is 1. The Morgan fingerprint density at radius 3 is 2.17 bits per heavy atom. The molecule has 0 atom stereocenters. The standard InChI is InChI=1S/C22H26FN/c1-16-4-6-17(7-5-16)18-8-10-19(11-9-18)21-13-12-20(3-2-14-24)22(23)15-21/h12-13,15-19H,4-11H2,1H3. The summed E-state index contributed by atoms with van der Waals surface area (Å²) in [6, 6.07) is 7.09. The Kier molecular flexibility index (Phi) is 5.57. The monoisotopic (exact) mass is 323 g/mol. The molecule has 0 saturated heterocycles. The molecule has 2 heteroatoms. The third kappa shape index (κ3) is 3.99. The van der Waals surface area contributed by atoms with Crippen LogP contribution in [0.1, 0.15) is 75.3 Å². The van der Waals surface area contributed by atoms with Gasteiger partial charge >= 0.3 is 0 Å². The lowest BCUT2D eigenvalue weighted by molar-refractivity contribution is 0.165. The lowest BCUT2D eigenvalue weighted by Crippen LogP contribution is -2.24. The van der Waals surface area contributed by atoms with E-state index >= 15 is 0 Å². The molecule has 0 amide bonds. The molecule has 126 valence electrons. The maximum atomic E-state index is 14.1. The fraction of sp³-hybridized carbons (Fsp3) is 0.591. The molecule has 1 aromatic rings. The Morgan fingerprint density at radius 1 is 0.958 bits per heavy atom. The lowest BCUT2D eigenvalue weighted by Gasteiger charge is -2.37. The third-order valence-corrected chi connectivity index (χ3v) is 6.22. The van der Waals surface area contributed by atoms with Crippen molar-refractivity contribution in [1.29, 1.82) is 5.26 Å². The lowest BCUT2D eigenvalue weighted by atomic mass is 9.68. The van der Waals surface area contributed by atoms with Crippen molar-refractivity contribution < 1.29 is 4.39 Å². The van der Waals surface area contributed by atoms with E-state index in [0.717, 1.165) is 23.3 Å². The highest BCUT2D eigenvalue weighted by Crippen LogP contribution is 2.43. The van der Waals surface area contributed by atoms with Crippen molar-refractivity contribution in [2.45, 2.75) is 64.2 Å². The molecule has 0 aliphatic heterocycles. The topological polar surface area (TPSA) is 23.8 Å². The van der Waals surface area contributed by atoms with Gasteiger partial charge in [0.25, 0.3) is 0 Å². The number of rotatable bonds is 2. The maximum Gasteiger partial charge on any atom is 0.152 e. The smallest absolute Gasteiger partial charge is 0.152 e. The van der Waals surface area contributed by atoms with Crippen LogP contribution in [0, 0.1) is 46.7 Å². The summed E-state index contributed by atoms with van der Waals surface area (Å²) < 4.78 is 14.1. The number of hydrogen-bond donors (Lipinski definition) is 0. The van der Waals surface area contributed by atoms with E-state index in [1.54, 1.807) is 18.2 Å². The zero-order valence-electron chi connectivity index (χ0n) is 14.5. The zero-order valence-corrected chi connectivity index (χ0v) is 14.5. The van der Waals surface area contributed by atoms with Crippen LogP contribution in [-0.4, -0.2) is 0 Å². The summed E-state index contributed by atoms with van der Waals surface area (Å²) in [5.41, 5.74) is 1.43. The van der Waals surface area contributed by atoms with E-state index in [1.807, 2.05) is 6.07 Å². The van der Waals surface area contributed by atoms with Gasteiger partial charge in [-0.3, -0.25) is 0 Å². The molecular weight excluding hydrogens is 297 g/mol. The molecule has 1 nitrogen and oxygen atoms in total. The van der Waals surface area contributed by atoms with E-state index < -0.39 is 0 Å². The SMILES string of the molecule is CC1CCC(C2CCC(c3ccc(C#CC#N)c(F)c3)CC2)CC1. The highest BCUT2D eigenvalue weighted by atomic mass is 19.1. The van der Waals surface area contributed by atoms with Gasteiger partial charge in [0.1, 0.15) is 5.82 Å². The van der Waals surface area contributed by atoms with Crippen LogP contribution in [0.2, 0.25) is 0 Å². The van der Waals surface area contributed by atoms with Gasteiger partial charge < -0.3 is 0 Å². The Bertz CT molecular complexity index is 659. The van der Waals surface area contributed by atoms with E-state index in [-0.39, 0.29) is 5.82 Å². The zero-order chi connectivity index (χ0) is 16.9. The Labute approximate surface area is 145 Å². The Balaban J connectivity index is 1.59. The van der Waals surface area contributed by atoms with Crippen molar-refractivity contribution in [2.75, 3.05) is 0 Å². The first-order valence-electron chi connectivity index (χ1n) is 9.37. The molecule has 0 heterocycles. The molecular formula is C22H26FN. The minimum atomic E-state index is -0.293. The van der Waals surface area contributed by atoms with Gasteiger partial charge in [-0.2, -0.15) is 5.26 Å². The number of halogens is 1. The molecule has 0 bridgehead atoms. The van der Waals surface area contributed by atoms with Crippen molar-refractivity contribution in [3.05, 3.63) is 35.1 Å². The van der Waals surface area contributed by atoms with Crippen LogP contribution in [0.25, 0.3) is 0 Å². The molecule has 0 N–H and O–H groups in total. The summed E-state index contributed by atoms with van der Waals surface area (Å²) in [6.07, 6.45) is 10.6. The molecule has 1 aromatic carbocycles. The van der Waals surface area contributed by atoms with Gasteiger partial charge in [-0.15, -0.1) is 0 Å². The molecule has 2 aliphatic rings. The van der Waals surface area contributed by atoms with E-state index in [1.165, 1.54) is 51.4 Å². The molecule has 0 radical (unpaired) electrons. The average Bonchev–Trinajstić information content (AvgIpc) is 2.61. The third-order valence-electron chi connectivity index (χ3n) is 6.22. The molecule has 3 rings (SSSR count). The van der Waals surface area contributed by atoms with Crippen LogP contribution < -0.4 is 0 Å². The van der Waals surface area contributed by atoms with Crippen molar-refractivity contribution in [2.24, 2.45) is 17.8 Å². The minimum absolute atomic E-state index is 0.293. The predicted molar refractivity (Wildman–Crippen MR) is 94.7 cm³/mol. The Hall–Kier alpha value is -1.80. The minimum Gasteiger partial charge on any atom is -0.206 e. The van der Waals surface area contributed by atoms with Gasteiger partial charge in [-0.1, -0.05) is 25.8 Å². The maximum absolute atomic E-state index is 14.1. The summed E-state index contributed by atoms with van der Waals surface area (Å²) in [6.45, 7) is 2.38. The molecule has 0 unspecified atom stereocenters. The van der Waals surface area contributed by atoms with E-state index in [9.17, 15) is 4.39 Å². The molecule has 2 fully saturated rings. The summed E-state index contributed by atoms with van der Waals surface area (Å²) in [7, 11) is 0. The van der Waals surface area contributed by atoms with Crippen LogP contribution >= 0.6 is 0 Å². The number of hydrogen-bond acceptors (Lipinski definition) is 1. The fourth-order valence-electron chi connectivity index (χ4n) is 4.66. The van der Waals surface area contributed by atoms with Crippen molar-refractivity contribution in [3.8, 4) is 17.9 Å². The van der Waals surface area contributed by atoms with Gasteiger partial charge in [-0.25, -0.2) is 4.39 Å². The second-order valence-electron chi connectivity index (χ2n) is 7.73. The van der Waals surface area contributed by atoms with Crippen LogP contribution in [-0.2, 0) is 0 Å². The normalized spacial score (nSPS) is 30.0. The molecule has 2 saturated carbocycles. The van der Waals surface area contributed by atoms with Gasteiger partial charge in [0, 0.05) is 5.92 Å². The number of nitrogens with zero attached hydrogens (tertiary/aromatic N) is 1. The van der Waals surface area contributed by atoms with Crippen LogP contribution in [0.15, 0.2) is 18.2 Å². The Morgan fingerprint density at radius 2 is 1.58 bits per heavy atom. The molecule has 24 heavy (non-hydrogen) atoms. The highest BCUT2D eigenvalue weighted by Gasteiger charge is 2.30. The van der Waals surface area contributed by atoms with Crippen molar-refractivity contribution >= 4 is 0 Å². The summed E-state index contributed by atoms with van der Waals surface area (Å²) in [5.74, 6) is 7.76. The van der Waals surface area contributed by atoms with Crippen LogP contribution in [0.3, 0.4) is 0 Å². The van der Waals surface area contributed by atoms with E-state index in [0.29, 0.717) is 11.5 Å². The van der Waals surface area contributed by atoms with Crippen LogP contribution in [0.5, 0.6) is 0 Å². The first kappa shape index (κ1) is 17.0. The average molecular weight is 323 g/mol. The van der Waals surface area contributed by atoms with E-state index in [2.05, 4.69) is 18.8 Å². The quantitative estimate of drug-likeness (QED) is 0.631. The molecule has 0 aromatic heterocycles. The van der Waals surface area contributed by atoms with Crippen molar-refractivity contribution in [1.82, 2.24) is 0 Å². The summed E-state index contributed by atoms with van der Waals surface area (Å²) in [4.78, 5) is 0. The number of nitriles is 1. The predicted octanol–water partition coefficient (Wildman–Crippen LogP) is 5.80. The molecule has 0 spiro atoms. The first-order valence-corrected chi connectivity index (χ1v) is 9.37. The first-order chi connectivity index (χ1) is 11.7. The van der Waals surface area contributed by atoms with Crippen molar-refractivity contribution in [3.63, 3.8) is 0 Å². The van der Waals surface area contributed by atoms with E-state index in [4.69, 9.17) is 5.26 Å². The van der Waals surface area contributed by atoms with Gasteiger partial charge in [0.15, 0.2) is 6.07 Å². The van der Waals surface area contributed by atoms with Gasteiger partial charge in [0.2, 0.25) is 0 Å². The summed E-state index contributed by atoms with van der Waals surface area (Å²) in [5, 5.41) is 8.48. The second-order valence-corrected chi connectivity index (χ2v) is 7.73. The van der Waals surface area contributed by atoms with Gasteiger partial charge in [0.05, 0.1) is 5.56 Å². The second kappa shape index (κ2) is 7.85. The summed E-state index contributed by atoms with van der Waals surface area (Å²) >= 11 is 0.